The van der Waals surface area contributed by atoms with Crippen LogP contribution >= 0.6 is 11.3 Å². The van der Waals surface area contributed by atoms with E-state index in [0.29, 0.717) is 22.1 Å². The number of nitrogens with one attached hydrogen (secondary N) is 1. The second-order valence-electron chi connectivity index (χ2n) is 6.84. The van der Waals surface area contributed by atoms with Crippen LogP contribution in [0.4, 0.5) is 5.69 Å². The van der Waals surface area contributed by atoms with Crippen molar-refractivity contribution in [1.82, 2.24) is 4.57 Å². The molecule has 0 radical (unpaired) electrons. The molecule has 2 aromatic heterocycles. The average molecular weight is 419 g/mol. The van der Waals surface area contributed by atoms with Crippen molar-refractivity contribution in [2.75, 3.05) is 19.5 Å². The van der Waals surface area contributed by atoms with Crippen LogP contribution in [0, 0.1) is 6.92 Å². The number of rotatable bonds is 6. The second kappa shape index (κ2) is 8.47. The smallest absolute Gasteiger partial charge is 0.267 e. The molecule has 2 heterocycles. The number of nitrogens with zero attached hydrogens (tertiary/aromatic N) is 1. The van der Waals surface area contributed by atoms with Gasteiger partial charge in [0.05, 0.1) is 19.9 Å². The van der Waals surface area contributed by atoms with Crippen molar-refractivity contribution >= 4 is 22.9 Å². The second-order valence-corrected chi connectivity index (χ2v) is 7.72. The van der Waals surface area contributed by atoms with Crippen LogP contribution in [0.3, 0.4) is 0 Å². The van der Waals surface area contributed by atoms with Gasteiger partial charge in [-0.1, -0.05) is 29.8 Å². The quantitative estimate of drug-likeness (QED) is 0.432. The zero-order valence-electron chi connectivity index (χ0n) is 17.0. The number of aryl methyl sites for hydroxylation is 1. The first-order chi connectivity index (χ1) is 14.6. The fourth-order valence-corrected chi connectivity index (χ4v) is 4.31. The van der Waals surface area contributed by atoms with E-state index in [-0.39, 0.29) is 5.91 Å². The van der Waals surface area contributed by atoms with Gasteiger partial charge in [-0.05, 0) is 24.6 Å². The molecule has 0 bridgehead atoms. The molecule has 1 N–H and O–H groups in total. The van der Waals surface area contributed by atoms with E-state index in [1.54, 1.807) is 32.4 Å². The van der Waals surface area contributed by atoms with Gasteiger partial charge in [0.25, 0.3) is 5.91 Å². The van der Waals surface area contributed by atoms with Crippen LogP contribution in [0.5, 0.6) is 11.5 Å². The Hall–Kier alpha value is -3.51. The third kappa shape index (κ3) is 3.95. The van der Waals surface area contributed by atoms with Gasteiger partial charge in [0.2, 0.25) is 0 Å². The van der Waals surface area contributed by atoms with Gasteiger partial charge in [0.15, 0.2) is 0 Å². The molecule has 2 aromatic carbocycles. The molecular formula is C24H22N2O3S. The number of carbonyl (C=O) groups excluding carboxylic acids is 1. The largest absolute Gasteiger partial charge is 0.497 e. The van der Waals surface area contributed by atoms with E-state index >= 15 is 0 Å². The summed E-state index contributed by atoms with van der Waals surface area (Å²) in [7, 11) is 3.16. The summed E-state index contributed by atoms with van der Waals surface area (Å²) in [5.41, 5.74) is 4.75. The SMILES string of the molecule is COc1cc(NC(=O)c2scc(-c3cccc(C)c3)c2-n2cccc2)cc(OC)c1. The molecule has 30 heavy (non-hydrogen) atoms. The Morgan fingerprint density at radius 1 is 0.967 bits per heavy atom. The minimum Gasteiger partial charge on any atom is -0.497 e. The number of methoxy groups -OCH3 is 2. The summed E-state index contributed by atoms with van der Waals surface area (Å²) in [4.78, 5) is 13.9. The lowest BCUT2D eigenvalue weighted by Gasteiger charge is -2.12. The van der Waals surface area contributed by atoms with Gasteiger partial charge in [0.1, 0.15) is 16.4 Å². The Bertz CT molecular complexity index is 1160. The number of benzene rings is 2. The van der Waals surface area contributed by atoms with E-state index in [1.807, 2.05) is 40.5 Å². The summed E-state index contributed by atoms with van der Waals surface area (Å²) < 4.78 is 12.6. The molecule has 0 spiro atoms. The lowest BCUT2D eigenvalue weighted by Crippen LogP contribution is -2.13. The topological polar surface area (TPSA) is 52.5 Å². The fraction of sp³-hybridized carbons (Fsp3) is 0.125. The number of ether oxygens (including phenoxy) is 2. The van der Waals surface area contributed by atoms with Gasteiger partial charge in [-0.15, -0.1) is 11.3 Å². The Balaban J connectivity index is 1.75. The van der Waals surface area contributed by atoms with E-state index in [1.165, 1.54) is 16.9 Å². The Labute approximate surface area is 179 Å². The maximum absolute atomic E-state index is 13.2. The predicted octanol–water partition coefficient (Wildman–Crippen LogP) is 5.78. The molecule has 0 saturated heterocycles. The molecule has 0 unspecified atom stereocenters. The van der Waals surface area contributed by atoms with Crippen LogP contribution in [-0.4, -0.2) is 24.7 Å². The number of aromatic nitrogens is 1. The third-order valence-electron chi connectivity index (χ3n) is 4.77. The van der Waals surface area contributed by atoms with Crippen molar-refractivity contribution in [3.8, 4) is 28.3 Å². The molecule has 0 aliphatic heterocycles. The Morgan fingerprint density at radius 2 is 1.67 bits per heavy atom. The van der Waals surface area contributed by atoms with E-state index in [0.717, 1.165) is 16.8 Å². The van der Waals surface area contributed by atoms with Gasteiger partial charge in [-0.3, -0.25) is 4.79 Å². The van der Waals surface area contributed by atoms with Crippen LogP contribution in [0.15, 0.2) is 72.4 Å². The minimum absolute atomic E-state index is 0.182. The summed E-state index contributed by atoms with van der Waals surface area (Å²) in [5.74, 6) is 1.04. The minimum atomic E-state index is -0.182. The fourth-order valence-electron chi connectivity index (χ4n) is 3.34. The average Bonchev–Trinajstić information content (AvgIpc) is 3.42. The number of hydrogen-bond donors (Lipinski definition) is 1. The van der Waals surface area contributed by atoms with Crippen molar-refractivity contribution in [2.45, 2.75) is 6.92 Å². The van der Waals surface area contributed by atoms with Crippen LogP contribution in [0.25, 0.3) is 16.8 Å². The van der Waals surface area contributed by atoms with E-state index < -0.39 is 0 Å². The molecule has 0 fully saturated rings. The maximum atomic E-state index is 13.2. The van der Waals surface area contributed by atoms with Gasteiger partial charge in [0, 0.05) is 47.2 Å². The molecule has 4 rings (SSSR count). The summed E-state index contributed by atoms with van der Waals surface area (Å²) in [6, 6.07) is 17.5. The van der Waals surface area contributed by atoms with Crippen LogP contribution in [0.1, 0.15) is 15.2 Å². The number of amides is 1. The molecule has 5 nitrogen and oxygen atoms in total. The lowest BCUT2D eigenvalue weighted by molar-refractivity contribution is 0.103. The van der Waals surface area contributed by atoms with Gasteiger partial charge < -0.3 is 19.4 Å². The molecule has 0 aliphatic rings. The molecule has 1 amide bonds. The highest BCUT2D eigenvalue weighted by molar-refractivity contribution is 7.13. The summed E-state index contributed by atoms with van der Waals surface area (Å²) in [5, 5.41) is 5.02. The van der Waals surface area contributed by atoms with E-state index in [2.05, 4.69) is 30.4 Å². The highest BCUT2D eigenvalue weighted by Gasteiger charge is 2.21. The van der Waals surface area contributed by atoms with Crippen molar-refractivity contribution in [2.24, 2.45) is 0 Å². The Kier molecular flexibility index (Phi) is 5.59. The van der Waals surface area contributed by atoms with Crippen molar-refractivity contribution < 1.29 is 14.3 Å². The van der Waals surface area contributed by atoms with E-state index in [9.17, 15) is 4.79 Å². The summed E-state index contributed by atoms with van der Waals surface area (Å²) in [6.07, 6.45) is 3.90. The highest BCUT2D eigenvalue weighted by Crippen LogP contribution is 2.36. The van der Waals surface area contributed by atoms with Crippen molar-refractivity contribution in [1.29, 1.82) is 0 Å². The number of anilines is 1. The first-order valence-electron chi connectivity index (χ1n) is 9.45. The third-order valence-corrected chi connectivity index (χ3v) is 5.74. The summed E-state index contributed by atoms with van der Waals surface area (Å²) in [6.45, 7) is 2.06. The molecule has 6 heteroatoms. The first kappa shape index (κ1) is 19.8. The van der Waals surface area contributed by atoms with Gasteiger partial charge in [-0.2, -0.15) is 0 Å². The van der Waals surface area contributed by atoms with Gasteiger partial charge >= 0.3 is 0 Å². The molecule has 4 aromatic rings. The number of thiophene rings is 1. The molecule has 152 valence electrons. The monoisotopic (exact) mass is 418 g/mol. The summed E-state index contributed by atoms with van der Waals surface area (Å²) >= 11 is 1.43. The van der Waals surface area contributed by atoms with Gasteiger partial charge in [-0.25, -0.2) is 0 Å². The van der Waals surface area contributed by atoms with Crippen LogP contribution in [-0.2, 0) is 0 Å². The molecule has 0 aliphatic carbocycles. The predicted molar refractivity (Wildman–Crippen MR) is 121 cm³/mol. The normalized spacial score (nSPS) is 10.6. The Morgan fingerprint density at radius 3 is 2.30 bits per heavy atom. The van der Waals surface area contributed by atoms with Crippen molar-refractivity contribution in [3.05, 3.63) is 82.8 Å². The molecular weight excluding hydrogens is 396 g/mol. The van der Waals surface area contributed by atoms with Crippen LogP contribution in [0.2, 0.25) is 0 Å². The zero-order chi connectivity index (χ0) is 21.1. The van der Waals surface area contributed by atoms with E-state index in [4.69, 9.17) is 9.47 Å². The standard InChI is InChI=1S/C24H22N2O3S/c1-16-7-6-8-17(11-16)21-15-30-23(22(21)26-9-4-5-10-26)24(27)25-18-12-19(28-2)14-20(13-18)29-3/h4-15H,1-3H3,(H,25,27). The molecule has 0 saturated carbocycles. The first-order valence-corrected chi connectivity index (χ1v) is 10.3. The zero-order valence-corrected chi connectivity index (χ0v) is 17.8. The number of carbonyl (C=O) groups is 1. The maximum Gasteiger partial charge on any atom is 0.267 e. The highest BCUT2D eigenvalue weighted by atomic mass is 32.1. The lowest BCUT2D eigenvalue weighted by atomic mass is 10.0. The van der Waals surface area contributed by atoms with Crippen LogP contribution < -0.4 is 14.8 Å². The van der Waals surface area contributed by atoms with Crippen molar-refractivity contribution in [3.63, 3.8) is 0 Å². The number of hydrogen-bond acceptors (Lipinski definition) is 4. The molecule has 0 atom stereocenters.